The lowest BCUT2D eigenvalue weighted by molar-refractivity contribution is 0.103. The average molecular weight is 433 g/mol. The highest BCUT2D eigenvalue weighted by molar-refractivity contribution is 7.21. The zero-order chi connectivity index (χ0) is 21.8. The normalized spacial score (nSPS) is 12.1. The van der Waals surface area contributed by atoms with Gasteiger partial charge >= 0.3 is 0 Å². The summed E-state index contributed by atoms with van der Waals surface area (Å²) in [6.45, 7) is 0. The van der Waals surface area contributed by atoms with Gasteiger partial charge in [0.15, 0.2) is 5.78 Å². The number of nitrogen functional groups attached to an aromatic ring is 1. The van der Waals surface area contributed by atoms with Crippen molar-refractivity contribution in [3.05, 3.63) is 106 Å². The van der Waals surface area contributed by atoms with Crippen LogP contribution in [0.3, 0.4) is 0 Å². The van der Waals surface area contributed by atoms with Crippen molar-refractivity contribution in [1.29, 1.82) is 0 Å². The summed E-state index contributed by atoms with van der Waals surface area (Å²) in [7, 11) is 0. The van der Waals surface area contributed by atoms with Crippen LogP contribution in [0, 0.1) is 0 Å². The second kappa shape index (κ2) is 6.97. The third-order valence-electron chi connectivity index (χ3n) is 5.84. The van der Waals surface area contributed by atoms with Gasteiger partial charge in [-0.05, 0) is 5.56 Å². The summed E-state index contributed by atoms with van der Waals surface area (Å²) >= 11 is 1.28. The molecule has 0 radical (unpaired) electrons. The Morgan fingerprint density at radius 3 is 2.12 bits per heavy atom. The molecular weight excluding hydrogens is 416 g/mol. The molecule has 0 saturated carbocycles. The molecule has 2 N–H and O–H groups in total. The third-order valence-corrected chi connectivity index (χ3v) is 6.93. The molecule has 0 unspecified atom stereocenters. The molecule has 6 rings (SSSR count). The fourth-order valence-electron chi connectivity index (χ4n) is 4.37. The standard InChI is InChI=1S/C27H16N2O2S/c28-22-20-19(15-9-3-1-4-10-15)21-23(17-13-7-8-14-18(17)25(21)31)29-27(20)32-26(22)24(30)16-11-5-2-6-12-16/h1-14H,28H2. The van der Waals surface area contributed by atoms with Crippen LogP contribution in [0.1, 0.15) is 31.2 Å². The molecule has 0 spiro atoms. The Labute approximate surface area is 188 Å². The molecule has 2 aromatic heterocycles. The zero-order valence-electron chi connectivity index (χ0n) is 16.8. The monoisotopic (exact) mass is 432 g/mol. The first-order valence-electron chi connectivity index (χ1n) is 10.2. The quantitative estimate of drug-likeness (QED) is 0.349. The minimum atomic E-state index is -0.142. The van der Waals surface area contributed by atoms with Gasteiger partial charge in [0.2, 0.25) is 5.78 Å². The molecule has 3 aromatic carbocycles. The SMILES string of the molecule is Nc1c(C(=O)c2ccccc2)sc2nc3c(c(-c4ccccc4)c12)C(=O)c1ccccc1-3. The molecule has 0 saturated heterocycles. The van der Waals surface area contributed by atoms with Crippen molar-refractivity contribution in [3.8, 4) is 22.4 Å². The molecule has 1 aliphatic carbocycles. The van der Waals surface area contributed by atoms with Crippen LogP contribution >= 0.6 is 11.3 Å². The van der Waals surface area contributed by atoms with Crippen molar-refractivity contribution in [2.75, 3.05) is 5.73 Å². The van der Waals surface area contributed by atoms with Gasteiger partial charge in [-0.2, -0.15) is 0 Å². The first-order chi connectivity index (χ1) is 15.6. The smallest absolute Gasteiger partial charge is 0.205 e. The molecule has 0 atom stereocenters. The number of hydrogen-bond acceptors (Lipinski definition) is 5. The molecule has 0 aliphatic heterocycles. The Hall–Kier alpha value is -4.09. The van der Waals surface area contributed by atoms with E-state index in [1.165, 1.54) is 11.3 Å². The van der Waals surface area contributed by atoms with Gasteiger partial charge in [0.05, 0.1) is 16.9 Å². The fourth-order valence-corrected chi connectivity index (χ4v) is 5.44. The number of carbonyl (C=O) groups excluding carboxylic acids is 2. The number of thiophene rings is 1. The van der Waals surface area contributed by atoms with Crippen molar-refractivity contribution in [2.24, 2.45) is 0 Å². The third kappa shape index (κ3) is 2.58. The van der Waals surface area contributed by atoms with Crippen LogP contribution in [-0.4, -0.2) is 16.6 Å². The predicted octanol–water partition coefficient (Wildman–Crippen LogP) is 5.99. The van der Waals surface area contributed by atoms with E-state index in [1.807, 2.05) is 72.8 Å². The number of benzene rings is 3. The number of carbonyl (C=O) groups is 2. The maximum atomic E-state index is 13.5. The topological polar surface area (TPSA) is 73.1 Å². The number of hydrogen-bond donors (Lipinski definition) is 1. The van der Waals surface area contributed by atoms with Gasteiger partial charge in [0.1, 0.15) is 9.71 Å². The first-order valence-corrected chi connectivity index (χ1v) is 11.0. The van der Waals surface area contributed by atoms with Gasteiger partial charge < -0.3 is 5.73 Å². The van der Waals surface area contributed by atoms with E-state index in [0.717, 1.165) is 16.7 Å². The summed E-state index contributed by atoms with van der Waals surface area (Å²) in [5, 5.41) is 0.667. The van der Waals surface area contributed by atoms with Crippen LogP contribution in [0.2, 0.25) is 0 Å². The van der Waals surface area contributed by atoms with E-state index < -0.39 is 0 Å². The van der Waals surface area contributed by atoms with Crippen LogP contribution < -0.4 is 5.73 Å². The van der Waals surface area contributed by atoms with Crippen LogP contribution in [0.5, 0.6) is 0 Å². The summed E-state index contributed by atoms with van der Waals surface area (Å²) in [5.74, 6) is -0.206. The van der Waals surface area contributed by atoms with Crippen LogP contribution in [-0.2, 0) is 0 Å². The Morgan fingerprint density at radius 1 is 0.781 bits per heavy atom. The molecule has 0 fully saturated rings. The predicted molar refractivity (Wildman–Crippen MR) is 128 cm³/mol. The maximum Gasteiger partial charge on any atom is 0.205 e. The van der Waals surface area contributed by atoms with Crippen LogP contribution in [0.25, 0.3) is 32.6 Å². The van der Waals surface area contributed by atoms with E-state index in [0.29, 0.717) is 43.2 Å². The molecule has 0 bridgehead atoms. The van der Waals surface area contributed by atoms with Crippen LogP contribution in [0.4, 0.5) is 5.69 Å². The number of fused-ring (bicyclic) bond motifs is 4. The molecule has 1 aliphatic rings. The number of pyridine rings is 1. The van der Waals surface area contributed by atoms with Crippen molar-refractivity contribution >= 4 is 38.8 Å². The molecule has 5 aromatic rings. The zero-order valence-corrected chi connectivity index (χ0v) is 17.6. The lowest BCUT2D eigenvalue weighted by Gasteiger charge is -2.11. The Kier molecular flexibility index (Phi) is 4.06. The van der Waals surface area contributed by atoms with Gasteiger partial charge in [0, 0.05) is 27.6 Å². The van der Waals surface area contributed by atoms with Crippen molar-refractivity contribution in [2.45, 2.75) is 0 Å². The van der Waals surface area contributed by atoms with Crippen molar-refractivity contribution in [3.63, 3.8) is 0 Å². The van der Waals surface area contributed by atoms with E-state index >= 15 is 0 Å². The maximum absolute atomic E-state index is 13.5. The second-order valence-electron chi connectivity index (χ2n) is 7.67. The number of rotatable bonds is 3. The van der Waals surface area contributed by atoms with Gasteiger partial charge in [-0.3, -0.25) is 9.59 Å². The minimum Gasteiger partial charge on any atom is -0.397 e. The molecular formula is C27H16N2O2S. The number of ketones is 2. The highest BCUT2D eigenvalue weighted by Gasteiger charge is 2.34. The van der Waals surface area contributed by atoms with Gasteiger partial charge in [0.25, 0.3) is 0 Å². The summed E-state index contributed by atoms with van der Waals surface area (Å²) in [5.41, 5.74) is 11.8. The van der Waals surface area contributed by atoms with Crippen molar-refractivity contribution < 1.29 is 9.59 Å². The molecule has 5 heteroatoms. The molecule has 0 amide bonds. The molecule has 32 heavy (non-hydrogen) atoms. The molecule has 2 heterocycles. The van der Waals surface area contributed by atoms with Gasteiger partial charge in [-0.1, -0.05) is 84.9 Å². The Balaban J connectivity index is 1.70. The highest BCUT2D eigenvalue weighted by Crippen LogP contribution is 2.48. The fraction of sp³-hybridized carbons (Fsp3) is 0. The summed E-state index contributed by atoms with van der Waals surface area (Å²) in [6.07, 6.45) is 0. The molecule has 152 valence electrons. The average Bonchev–Trinajstić information content (AvgIpc) is 3.33. The first kappa shape index (κ1) is 18.7. The van der Waals surface area contributed by atoms with E-state index in [9.17, 15) is 9.59 Å². The highest BCUT2D eigenvalue weighted by atomic mass is 32.1. The Morgan fingerprint density at radius 2 is 1.41 bits per heavy atom. The molecule has 4 nitrogen and oxygen atoms in total. The van der Waals surface area contributed by atoms with E-state index in [-0.39, 0.29) is 11.6 Å². The lowest BCUT2D eigenvalue weighted by Crippen LogP contribution is -2.03. The summed E-state index contributed by atoms with van der Waals surface area (Å²) < 4.78 is 0. The summed E-state index contributed by atoms with van der Waals surface area (Å²) in [6, 6.07) is 26.3. The summed E-state index contributed by atoms with van der Waals surface area (Å²) in [4.78, 5) is 32.6. The van der Waals surface area contributed by atoms with Gasteiger partial charge in [-0.25, -0.2) is 4.98 Å². The number of anilines is 1. The van der Waals surface area contributed by atoms with Crippen LogP contribution in [0.15, 0.2) is 84.9 Å². The van der Waals surface area contributed by atoms with E-state index in [4.69, 9.17) is 10.7 Å². The lowest BCUT2D eigenvalue weighted by atomic mass is 9.94. The Bertz CT molecular complexity index is 1550. The van der Waals surface area contributed by atoms with Gasteiger partial charge in [-0.15, -0.1) is 11.3 Å². The number of nitrogens with two attached hydrogens (primary N) is 1. The van der Waals surface area contributed by atoms with E-state index in [1.54, 1.807) is 12.1 Å². The van der Waals surface area contributed by atoms with E-state index in [2.05, 4.69) is 0 Å². The van der Waals surface area contributed by atoms with Crippen molar-refractivity contribution in [1.82, 2.24) is 4.98 Å². The number of aromatic nitrogens is 1. The largest absolute Gasteiger partial charge is 0.397 e. The number of nitrogens with zero attached hydrogens (tertiary/aromatic N) is 1. The second-order valence-corrected chi connectivity index (χ2v) is 8.67. The minimum absolute atomic E-state index is 0.0645.